The molecule has 0 atom stereocenters. The molecular formula is C27H30F3N5O5S. The number of aliphatic carboxylic acids is 1. The van der Waals surface area contributed by atoms with E-state index in [4.69, 9.17) is 9.90 Å². The van der Waals surface area contributed by atoms with E-state index in [2.05, 4.69) is 19.9 Å². The zero-order valence-electron chi connectivity index (χ0n) is 22.1. The molecule has 1 aliphatic rings. The molecule has 10 nitrogen and oxygen atoms in total. The Balaban J connectivity index is 0.000000587. The number of amides is 1. The summed E-state index contributed by atoms with van der Waals surface area (Å²) in [5.41, 5.74) is 1.66. The molecule has 0 saturated carbocycles. The molecular weight excluding hydrogens is 563 g/mol. The summed E-state index contributed by atoms with van der Waals surface area (Å²) >= 11 is 0. The van der Waals surface area contributed by atoms with Crippen LogP contribution in [0.1, 0.15) is 22.8 Å². The van der Waals surface area contributed by atoms with Crippen LogP contribution in [0.15, 0.2) is 77.8 Å². The molecule has 1 saturated heterocycles. The van der Waals surface area contributed by atoms with Crippen LogP contribution in [0.3, 0.4) is 0 Å². The van der Waals surface area contributed by atoms with Crippen molar-refractivity contribution in [2.45, 2.75) is 24.5 Å². The van der Waals surface area contributed by atoms with Gasteiger partial charge in [0.2, 0.25) is 0 Å². The lowest BCUT2D eigenvalue weighted by atomic mass is 10.1. The highest BCUT2D eigenvalue weighted by atomic mass is 32.2. The summed E-state index contributed by atoms with van der Waals surface area (Å²) in [7, 11) is -3.81. The van der Waals surface area contributed by atoms with Gasteiger partial charge >= 0.3 is 12.1 Å². The molecule has 0 bridgehead atoms. The molecule has 4 rings (SSSR count). The fraction of sp³-hybridized carbons (Fsp3) is 0.296. The summed E-state index contributed by atoms with van der Waals surface area (Å²) in [6, 6.07) is 19.5. The number of carbonyl (C=O) groups is 2. The minimum atomic E-state index is -5.08. The highest BCUT2D eigenvalue weighted by molar-refractivity contribution is 7.92. The van der Waals surface area contributed by atoms with Crippen LogP contribution in [-0.2, 0) is 21.4 Å². The molecule has 2 heterocycles. The lowest BCUT2D eigenvalue weighted by molar-refractivity contribution is -0.192. The fourth-order valence-electron chi connectivity index (χ4n) is 3.91. The third-order valence-corrected chi connectivity index (χ3v) is 7.34. The van der Waals surface area contributed by atoms with E-state index in [1.54, 1.807) is 29.2 Å². The number of alkyl halides is 3. The highest BCUT2D eigenvalue weighted by Gasteiger charge is 2.38. The van der Waals surface area contributed by atoms with Crippen LogP contribution in [0.5, 0.6) is 0 Å². The first-order chi connectivity index (χ1) is 19.4. The normalized spacial score (nSPS) is 13.5. The standard InChI is InChI=1S/C25H29N5O3S.C2HF3O2/c1-2-29(19-20-9-5-3-6-10-20)25(31)23-17-21(18-27-24(23)30-15-13-26-14-16-30)28-34(32,33)22-11-7-4-8-12-22;3-2(4,5)1(6)7/h3-12,17-18,26,28H,2,13-16,19H2,1H3;(H,6,7). The Hall–Kier alpha value is -4.17. The van der Waals surface area contributed by atoms with Crippen LogP contribution in [0, 0.1) is 0 Å². The molecule has 220 valence electrons. The van der Waals surface area contributed by atoms with Crippen LogP contribution >= 0.6 is 0 Å². The first-order valence-corrected chi connectivity index (χ1v) is 14.1. The molecule has 1 aromatic heterocycles. The number of halogens is 3. The predicted octanol–water partition coefficient (Wildman–Crippen LogP) is 3.59. The SMILES string of the molecule is CCN(Cc1ccccc1)C(=O)c1cc(NS(=O)(=O)c2ccccc2)cnc1N1CCNCC1.O=C(O)C(F)(F)F. The molecule has 0 aliphatic carbocycles. The zero-order valence-corrected chi connectivity index (χ0v) is 23.0. The summed E-state index contributed by atoms with van der Waals surface area (Å²) in [5.74, 6) is -2.37. The average Bonchev–Trinajstić information content (AvgIpc) is 2.96. The van der Waals surface area contributed by atoms with E-state index in [1.807, 2.05) is 37.3 Å². The largest absolute Gasteiger partial charge is 0.490 e. The number of carbonyl (C=O) groups excluding carboxylic acids is 1. The number of nitrogens with one attached hydrogen (secondary N) is 2. The van der Waals surface area contributed by atoms with Crippen LogP contribution in [0.25, 0.3) is 0 Å². The Kier molecular flexibility index (Phi) is 10.7. The van der Waals surface area contributed by atoms with Crippen molar-refractivity contribution in [1.82, 2.24) is 15.2 Å². The van der Waals surface area contributed by atoms with Gasteiger partial charge in [-0.15, -0.1) is 0 Å². The molecule has 0 unspecified atom stereocenters. The van der Waals surface area contributed by atoms with E-state index in [1.165, 1.54) is 18.3 Å². The van der Waals surface area contributed by atoms with Gasteiger partial charge in [0.05, 0.1) is 22.3 Å². The molecule has 3 aromatic rings. The van der Waals surface area contributed by atoms with Gasteiger partial charge in [0.15, 0.2) is 0 Å². The van der Waals surface area contributed by atoms with Crippen LogP contribution in [0.4, 0.5) is 24.7 Å². The Morgan fingerprint density at radius 3 is 2.15 bits per heavy atom. The summed E-state index contributed by atoms with van der Waals surface area (Å²) in [6.07, 6.45) is -3.61. The summed E-state index contributed by atoms with van der Waals surface area (Å²) < 4.78 is 60.0. The van der Waals surface area contributed by atoms with Crippen molar-refractivity contribution in [3.63, 3.8) is 0 Å². The number of aromatic nitrogens is 1. The molecule has 1 fully saturated rings. The summed E-state index contributed by atoms with van der Waals surface area (Å²) in [4.78, 5) is 31.1. The molecule has 41 heavy (non-hydrogen) atoms. The number of anilines is 2. The van der Waals surface area contributed by atoms with Crippen molar-refractivity contribution < 1.29 is 36.3 Å². The fourth-order valence-corrected chi connectivity index (χ4v) is 4.97. The van der Waals surface area contributed by atoms with E-state index in [0.717, 1.165) is 18.7 Å². The first kappa shape index (κ1) is 31.4. The average molecular weight is 594 g/mol. The number of carboxylic acids is 1. The second-order valence-corrected chi connectivity index (χ2v) is 10.5. The second kappa shape index (κ2) is 13.9. The number of hydrogen-bond acceptors (Lipinski definition) is 7. The minimum absolute atomic E-state index is 0.147. The molecule has 1 amide bonds. The summed E-state index contributed by atoms with van der Waals surface area (Å²) in [6.45, 7) is 5.91. The van der Waals surface area contributed by atoms with Crippen molar-refractivity contribution in [3.05, 3.63) is 84.1 Å². The van der Waals surface area contributed by atoms with Crippen molar-refractivity contribution >= 4 is 33.4 Å². The van der Waals surface area contributed by atoms with Gasteiger partial charge in [-0.1, -0.05) is 48.5 Å². The third kappa shape index (κ3) is 8.91. The van der Waals surface area contributed by atoms with Crippen LogP contribution in [0.2, 0.25) is 0 Å². The monoisotopic (exact) mass is 593 g/mol. The quantitative estimate of drug-likeness (QED) is 0.361. The van der Waals surface area contributed by atoms with Crippen molar-refractivity contribution in [2.75, 3.05) is 42.3 Å². The van der Waals surface area contributed by atoms with Crippen LogP contribution in [-0.4, -0.2) is 74.2 Å². The van der Waals surface area contributed by atoms with Crippen molar-refractivity contribution in [3.8, 4) is 0 Å². The Labute approximate surface area is 235 Å². The Morgan fingerprint density at radius 1 is 1.05 bits per heavy atom. The Bertz CT molecular complexity index is 1420. The van der Waals surface area contributed by atoms with Gasteiger partial charge in [-0.25, -0.2) is 18.2 Å². The zero-order chi connectivity index (χ0) is 30.0. The maximum atomic E-state index is 13.7. The molecule has 14 heteroatoms. The predicted molar refractivity (Wildman–Crippen MR) is 147 cm³/mol. The molecule has 3 N–H and O–H groups in total. The van der Waals surface area contributed by atoms with E-state index in [0.29, 0.717) is 37.6 Å². The maximum absolute atomic E-state index is 13.7. The van der Waals surface area contributed by atoms with Gasteiger partial charge in [0.25, 0.3) is 15.9 Å². The Morgan fingerprint density at radius 2 is 1.61 bits per heavy atom. The third-order valence-electron chi connectivity index (χ3n) is 5.95. The van der Waals surface area contributed by atoms with Gasteiger partial charge < -0.3 is 20.2 Å². The number of piperazine rings is 1. The first-order valence-electron chi connectivity index (χ1n) is 12.6. The smallest absolute Gasteiger partial charge is 0.475 e. The van der Waals surface area contributed by atoms with Gasteiger partial charge in [-0.2, -0.15) is 13.2 Å². The van der Waals surface area contributed by atoms with Gasteiger partial charge in [0.1, 0.15) is 5.82 Å². The molecule has 0 radical (unpaired) electrons. The molecule has 2 aromatic carbocycles. The minimum Gasteiger partial charge on any atom is -0.475 e. The second-order valence-electron chi connectivity index (χ2n) is 8.86. The number of nitrogens with zero attached hydrogens (tertiary/aromatic N) is 3. The lowest BCUT2D eigenvalue weighted by Crippen LogP contribution is -2.45. The van der Waals surface area contributed by atoms with Gasteiger partial charge in [-0.3, -0.25) is 9.52 Å². The summed E-state index contributed by atoms with van der Waals surface area (Å²) in [5, 5.41) is 10.4. The number of rotatable bonds is 8. The van der Waals surface area contributed by atoms with Gasteiger partial charge in [0, 0.05) is 39.3 Å². The number of benzene rings is 2. The van der Waals surface area contributed by atoms with Crippen molar-refractivity contribution in [2.24, 2.45) is 0 Å². The molecule has 1 aliphatic heterocycles. The van der Waals surface area contributed by atoms with E-state index in [9.17, 15) is 26.4 Å². The number of pyridine rings is 1. The lowest BCUT2D eigenvalue weighted by Gasteiger charge is -2.31. The van der Waals surface area contributed by atoms with E-state index < -0.39 is 22.2 Å². The number of hydrogen-bond donors (Lipinski definition) is 3. The topological polar surface area (TPSA) is 132 Å². The van der Waals surface area contributed by atoms with Crippen molar-refractivity contribution in [1.29, 1.82) is 0 Å². The maximum Gasteiger partial charge on any atom is 0.490 e. The van der Waals surface area contributed by atoms with E-state index in [-0.39, 0.29) is 16.5 Å². The van der Waals surface area contributed by atoms with E-state index >= 15 is 0 Å². The number of sulfonamides is 1. The molecule has 0 spiro atoms. The van der Waals surface area contributed by atoms with Gasteiger partial charge in [-0.05, 0) is 30.7 Å². The van der Waals surface area contributed by atoms with Crippen LogP contribution < -0.4 is 14.9 Å². The highest BCUT2D eigenvalue weighted by Crippen LogP contribution is 2.26. The number of carboxylic acid groups (broad SMARTS) is 1.